The van der Waals surface area contributed by atoms with Crippen LogP contribution in [0.4, 0.5) is 11.4 Å². The Balaban J connectivity index is 1.57. The second-order valence-corrected chi connectivity index (χ2v) is 11.3. The average molecular weight is 535 g/mol. The number of hydrogen-bond donors (Lipinski definition) is 2. The summed E-state index contributed by atoms with van der Waals surface area (Å²) >= 11 is 1.48. The maximum absolute atomic E-state index is 13.4. The van der Waals surface area contributed by atoms with Crippen molar-refractivity contribution in [1.29, 1.82) is 0 Å². The van der Waals surface area contributed by atoms with Gasteiger partial charge in [0.25, 0.3) is 5.91 Å². The van der Waals surface area contributed by atoms with Crippen molar-refractivity contribution in [3.63, 3.8) is 0 Å². The summed E-state index contributed by atoms with van der Waals surface area (Å²) in [4.78, 5) is 20.3. The van der Waals surface area contributed by atoms with E-state index >= 15 is 0 Å². The summed E-state index contributed by atoms with van der Waals surface area (Å²) in [6, 6.07) is 13.4. The third kappa shape index (κ3) is 6.79. The number of benzene rings is 2. The molecular formula is C30H38N4O3S. The van der Waals surface area contributed by atoms with Gasteiger partial charge in [-0.15, -0.1) is 0 Å². The Labute approximate surface area is 230 Å². The van der Waals surface area contributed by atoms with Crippen molar-refractivity contribution in [1.82, 2.24) is 9.88 Å². The first-order valence-electron chi connectivity index (χ1n) is 13.0. The molecule has 1 saturated heterocycles. The molecule has 2 N–H and O–H groups in total. The number of carbonyl (C=O) groups is 1. The Bertz CT molecular complexity index is 1280. The van der Waals surface area contributed by atoms with Crippen molar-refractivity contribution >= 4 is 29.2 Å². The highest BCUT2D eigenvalue weighted by Gasteiger charge is 2.21. The predicted molar refractivity (Wildman–Crippen MR) is 157 cm³/mol. The van der Waals surface area contributed by atoms with Gasteiger partial charge in [0.1, 0.15) is 11.5 Å². The van der Waals surface area contributed by atoms with E-state index in [0.717, 1.165) is 42.1 Å². The molecule has 0 saturated carbocycles. The zero-order valence-corrected chi connectivity index (χ0v) is 24.0. The first-order chi connectivity index (χ1) is 18.2. The fourth-order valence-electron chi connectivity index (χ4n) is 4.51. The Morgan fingerprint density at radius 3 is 2.50 bits per heavy atom. The van der Waals surface area contributed by atoms with E-state index in [2.05, 4.69) is 46.8 Å². The number of amides is 1. The van der Waals surface area contributed by atoms with Crippen LogP contribution in [0.5, 0.6) is 17.2 Å². The van der Waals surface area contributed by atoms with Crippen molar-refractivity contribution in [2.45, 2.75) is 52.5 Å². The number of aryl methyl sites for hydroxylation is 1. The maximum Gasteiger partial charge on any atom is 0.255 e. The van der Waals surface area contributed by atoms with Crippen molar-refractivity contribution in [2.24, 2.45) is 0 Å². The molecule has 1 aliphatic rings. The van der Waals surface area contributed by atoms with Gasteiger partial charge in [-0.05, 0) is 79.7 Å². The molecule has 1 aromatic heterocycles. The van der Waals surface area contributed by atoms with Gasteiger partial charge in [-0.25, -0.2) is 0 Å². The van der Waals surface area contributed by atoms with Crippen LogP contribution < -0.4 is 19.5 Å². The molecule has 2 heterocycles. The molecule has 0 atom stereocenters. The molecule has 4 rings (SSSR count). The third-order valence-corrected chi connectivity index (χ3v) is 7.09. The van der Waals surface area contributed by atoms with Crippen LogP contribution >= 0.6 is 11.9 Å². The molecular weight excluding hydrogens is 496 g/mol. The van der Waals surface area contributed by atoms with Gasteiger partial charge in [0.05, 0.1) is 24.2 Å². The Morgan fingerprint density at radius 1 is 1.08 bits per heavy atom. The molecule has 0 radical (unpaired) electrons. The van der Waals surface area contributed by atoms with E-state index in [1.807, 2.05) is 43.5 Å². The number of aromatic nitrogens is 1. The number of likely N-dealkylation sites (tertiary alicyclic amines) is 1. The van der Waals surface area contributed by atoms with E-state index in [1.54, 1.807) is 19.4 Å². The second kappa shape index (κ2) is 12.1. The van der Waals surface area contributed by atoms with Crippen LogP contribution in [-0.2, 0) is 12.0 Å². The number of carbonyl (C=O) groups excluding carboxylic acids is 1. The zero-order chi connectivity index (χ0) is 27.3. The molecule has 0 aliphatic carbocycles. The monoisotopic (exact) mass is 534 g/mol. The number of methoxy groups -OCH3 is 1. The first kappa shape index (κ1) is 27.8. The lowest BCUT2D eigenvalue weighted by Gasteiger charge is -2.24. The van der Waals surface area contributed by atoms with Crippen LogP contribution in [0, 0.1) is 6.92 Å². The Morgan fingerprint density at radius 2 is 1.82 bits per heavy atom. The van der Waals surface area contributed by atoms with E-state index in [1.165, 1.54) is 24.8 Å². The quantitative estimate of drug-likeness (QED) is 0.286. The molecule has 7 nitrogen and oxygen atoms in total. The van der Waals surface area contributed by atoms with Crippen LogP contribution in [0.15, 0.2) is 48.7 Å². The minimum absolute atomic E-state index is 0.108. The van der Waals surface area contributed by atoms with Crippen molar-refractivity contribution < 1.29 is 14.3 Å². The fourth-order valence-corrected chi connectivity index (χ4v) is 4.88. The molecule has 2 aromatic carbocycles. The molecule has 1 aliphatic heterocycles. The van der Waals surface area contributed by atoms with Gasteiger partial charge in [-0.2, -0.15) is 0 Å². The van der Waals surface area contributed by atoms with Crippen LogP contribution in [0.1, 0.15) is 60.8 Å². The fraction of sp³-hybridized carbons (Fsp3) is 0.400. The molecule has 202 valence electrons. The maximum atomic E-state index is 13.4. The first-order valence-corrected chi connectivity index (χ1v) is 14.2. The number of hydrogen-bond acceptors (Lipinski definition) is 7. The summed E-state index contributed by atoms with van der Waals surface area (Å²) < 4.78 is 15.2. The van der Waals surface area contributed by atoms with Gasteiger partial charge in [0.2, 0.25) is 0 Å². The SMILES string of the molecule is COc1c(NSC)cc(C(C)(C)C)cc1NC(=O)c1ccc(C)c(Oc2ccnc(CN3CCCC3)c2)c1. The van der Waals surface area contributed by atoms with Gasteiger partial charge in [-0.1, -0.05) is 38.8 Å². The Hall–Kier alpha value is -3.23. The molecule has 1 amide bonds. The van der Waals surface area contributed by atoms with E-state index in [9.17, 15) is 4.79 Å². The van der Waals surface area contributed by atoms with Crippen LogP contribution in [0.25, 0.3) is 0 Å². The molecule has 8 heteroatoms. The molecule has 0 bridgehead atoms. The van der Waals surface area contributed by atoms with E-state index in [-0.39, 0.29) is 11.3 Å². The van der Waals surface area contributed by atoms with Crippen molar-refractivity contribution in [3.8, 4) is 17.2 Å². The number of ether oxygens (including phenoxy) is 2. The molecule has 0 spiro atoms. The molecule has 3 aromatic rings. The lowest BCUT2D eigenvalue weighted by Crippen LogP contribution is -2.19. The number of pyridine rings is 1. The van der Waals surface area contributed by atoms with Crippen LogP contribution in [0.3, 0.4) is 0 Å². The largest absolute Gasteiger partial charge is 0.492 e. The smallest absolute Gasteiger partial charge is 0.255 e. The minimum atomic E-state index is -0.237. The lowest BCUT2D eigenvalue weighted by molar-refractivity contribution is 0.102. The topological polar surface area (TPSA) is 75.7 Å². The van der Waals surface area contributed by atoms with E-state index < -0.39 is 0 Å². The number of rotatable bonds is 9. The summed E-state index contributed by atoms with van der Waals surface area (Å²) in [6.45, 7) is 11.4. The standard InChI is InChI=1S/C30H38N4O3S/c1-20-9-10-21(15-27(20)37-24-11-12-31-23(18-24)19-34-13-7-8-14-34)29(35)32-25-16-22(30(2,3)4)17-26(33-38-6)28(25)36-5/h9-12,15-18,33H,7-8,13-14,19H2,1-6H3,(H,32,35). The van der Waals surface area contributed by atoms with Gasteiger partial charge in [0, 0.05) is 30.6 Å². The summed E-state index contributed by atoms with van der Waals surface area (Å²) in [5.74, 6) is 1.70. The molecule has 38 heavy (non-hydrogen) atoms. The highest BCUT2D eigenvalue weighted by molar-refractivity contribution is 7.99. The van der Waals surface area contributed by atoms with Gasteiger partial charge >= 0.3 is 0 Å². The minimum Gasteiger partial charge on any atom is -0.492 e. The van der Waals surface area contributed by atoms with Crippen molar-refractivity contribution in [3.05, 3.63) is 71.0 Å². The van der Waals surface area contributed by atoms with Gasteiger partial charge in [-0.3, -0.25) is 14.7 Å². The summed E-state index contributed by atoms with van der Waals surface area (Å²) in [5.41, 5.74) is 4.84. The molecule has 1 fully saturated rings. The Kier molecular flexibility index (Phi) is 8.84. The molecule has 0 unspecified atom stereocenters. The second-order valence-electron chi connectivity index (χ2n) is 10.7. The number of anilines is 2. The summed E-state index contributed by atoms with van der Waals surface area (Å²) in [7, 11) is 1.61. The van der Waals surface area contributed by atoms with E-state index in [4.69, 9.17) is 9.47 Å². The average Bonchev–Trinajstić information content (AvgIpc) is 3.38. The van der Waals surface area contributed by atoms with Crippen LogP contribution in [0.2, 0.25) is 0 Å². The third-order valence-electron chi connectivity index (χ3n) is 6.67. The summed E-state index contributed by atoms with van der Waals surface area (Å²) in [5, 5.41) is 3.06. The lowest BCUT2D eigenvalue weighted by atomic mass is 9.86. The van der Waals surface area contributed by atoms with Crippen molar-refractivity contribution in [2.75, 3.05) is 36.5 Å². The van der Waals surface area contributed by atoms with E-state index in [0.29, 0.717) is 28.5 Å². The number of nitrogens with zero attached hydrogens (tertiary/aromatic N) is 2. The van der Waals surface area contributed by atoms with Gasteiger partial charge < -0.3 is 19.5 Å². The highest BCUT2D eigenvalue weighted by Crippen LogP contribution is 2.40. The predicted octanol–water partition coefficient (Wildman–Crippen LogP) is 7.03. The highest BCUT2D eigenvalue weighted by atomic mass is 32.2. The normalized spacial score (nSPS) is 13.8. The van der Waals surface area contributed by atoms with Gasteiger partial charge in [0.15, 0.2) is 5.75 Å². The number of nitrogens with one attached hydrogen (secondary N) is 2. The zero-order valence-electron chi connectivity index (χ0n) is 23.2. The van der Waals surface area contributed by atoms with Crippen LogP contribution in [-0.4, -0.2) is 42.2 Å². The summed E-state index contributed by atoms with van der Waals surface area (Å²) in [6.07, 6.45) is 6.22.